The fourth-order valence-electron chi connectivity index (χ4n) is 2.54. The van der Waals surface area contributed by atoms with Crippen molar-refractivity contribution >= 4 is 11.8 Å². The zero-order valence-electron chi connectivity index (χ0n) is 14.0. The Balaban J connectivity index is 0.000000174. The Kier molecular flexibility index (Phi) is 5.69. The third-order valence-electron chi connectivity index (χ3n) is 4.18. The summed E-state index contributed by atoms with van der Waals surface area (Å²) in [7, 11) is 0. The van der Waals surface area contributed by atoms with Gasteiger partial charge in [0.15, 0.2) is 0 Å². The van der Waals surface area contributed by atoms with E-state index in [-0.39, 0.29) is 11.8 Å². The molecule has 0 N–H and O–H groups in total. The van der Waals surface area contributed by atoms with Gasteiger partial charge < -0.3 is 0 Å². The van der Waals surface area contributed by atoms with Crippen molar-refractivity contribution in [3.8, 4) is 0 Å². The number of carbonyl (C=O) groups excluding carboxylic acids is 2. The van der Waals surface area contributed by atoms with Gasteiger partial charge in [0.05, 0.1) is 11.1 Å². The molecule has 0 aliphatic carbocycles. The van der Waals surface area contributed by atoms with Crippen LogP contribution < -0.4 is 0 Å². The summed E-state index contributed by atoms with van der Waals surface area (Å²) in [5.41, 5.74) is 2.49. The molecule has 2 aromatic rings. The van der Waals surface area contributed by atoms with Crippen LogP contribution in [-0.2, 0) is 0 Å². The van der Waals surface area contributed by atoms with E-state index in [0.29, 0.717) is 23.6 Å². The largest absolute Gasteiger partial charge is 0.275 e. The van der Waals surface area contributed by atoms with E-state index in [2.05, 4.69) is 44.2 Å². The van der Waals surface area contributed by atoms with Crippen LogP contribution in [0.4, 0.5) is 0 Å². The van der Waals surface area contributed by atoms with Crippen LogP contribution in [0.5, 0.6) is 0 Å². The zero-order chi connectivity index (χ0) is 16.8. The average Bonchev–Trinajstić information content (AvgIpc) is 2.86. The van der Waals surface area contributed by atoms with Crippen LogP contribution in [0.1, 0.15) is 59.4 Å². The van der Waals surface area contributed by atoms with Crippen molar-refractivity contribution < 1.29 is 9.59 Å². The summed E-state index contributed by atoms with van der Waals surface area (Å²) in [6.07, 6.45) is 1.23. The first kappa shape index (κ1) is 16.9. The van der Waals surface area contributed by atoms with Gasteiger partial charge in [-0.1, -0.05) is 56.3 Å². The highest BCUT2D eigenvalue weighted by Crippen LogP contribution is 2.21. The lowest BCUT2D eigenvalue weighted by Crippen LogP contribution is -2.29. The Morgan fingerprint density at radius 1 is 0.826 bits per heavy atom. The number of hydrogen-bond acceptors (Lipinski definition) is 2. The molecule has 3 heteroatoms. The summed E-state index contributed by atoms with van der Waals surface area (Å²) in [5.74, 6) is 0.354. The standard InChI is InChI=1S/C10H9NO2.C10H14/c1-2-11-9(12)7-5-3-4-6-8(7)10(11)13;1-3-9(2)10-7-5-4-6-8-10/h3-6H,2H2,1H3;4-9H,3H2,1-2H3. The fourth-order valence-corrected chi connectivity index (χ4v) is 2.54. The molecule has 23 heavy (non-hydrogen) atoms. The molecule has 1 unspecified atom stereocenters. The van der Waals surface area contributed by atoms with Crippen LogP contribution in [0, 0.1) is 0 Å². The van der Waals surface area contributed by atoms with Crippen molar-refractivity contribution in [3.05, 3.63) is 71.3 Å². The Hall–Kier alpha value is -2.42. The normalized spacial score (nSPS) is 14.1. The minimum Gasteiger partial charge on any atom is -0.275 e. The van der Waals surface area contributed by atoms with Crippen LogP contribution in [-0.4, -0.2) is 23.3 Å². The lowest BCUT2D eigenvalue weighted by molar-refractivity contribution is 0.0663. The summed E-state index contributed by atoms with van der Waals surface area (Å²) >= 11 is 0. The third-order valence-corrected chi connectivity index (χ3v) is 4.18. The van der Waals surface area contributed by atoms with E-state index < -0.39 is 0 Å². The first-order valence-corrected chi connectivity index (χ1v) is 8.10. The van der Waals surface area contributed by atoms with Crippen LogP contribution >= 0.6 is 0 Å². The van der Waals surface area contributed by atoms with E-state index >= 15 is 0 Å². The molecule has 1 aliphatic heterocycles. The van der Waals surface area contributed by atoms with Crippen molar-refractivity contribution in [3.63, 3.8) is 0 Å². The second kappa shape index (κ2) is 7.73. The van der Waals surface area contributed by atoms with E-state index in [0.717, 1.165) is 0 Å². The number of imide groups is 1. The average molecular weight is 309 g/mol. The zero-order valence-corrected chi connectivity index (χ0v) is 14.0. The van der Waals surface area contributed by atoms with Crippen molar-refractivity contribution in [2.75, 3.05) is 6.54 Å². The molecule has 0 saturated carbocycles. The minimum absolute atomic E-state index is 0.178. The highest BCUT2D eigenvalue weighted by molar-refractivity contribution is 6.21. The first-order chi connectivity index (χ1) is 11.1. The number of fused-ring (bicyclic) bond motifs is 1. The highest BCUT2D eigenvalue weighted by Gasteiger charge is 2.33. The lowest BCUT2D eigenvalue weighted by Gasteiger charge is -2.08. The topological polar surface area (TPSA) is 37.4 Å². The second-order valence-corrected chi connectivity index (χ2v) is 5.62. The van der Waals surface area contributed by atoms with E-state index in [1.165, 1.54) is 16.9 Å². The quantitative estimate of drug-likeness (QED) is 0.783. The van der Waals surface area contributed by atoms with Crippen LogP contribution in [0.25, 0.3) is 0 Å². The fraction of sp³-hybridized carbons (Fsp3) is 0.300. The monoisotopic (exact) mass is 309 g/mol. The predicted molar refractivity (Wildman–Crippen MR) is 92.6 cm³/mol. The SMILES string of the molecule is CCC(C)c1ccccc1.CCN1C(=O)c2ccccc2C1=O. The van der Waals surface area contributed by atoms with Crippen molar-refractivity contribution in [2.24, 2.45) is 0 Å². The molecule has 0 spiro atoms. The van der Waals surface area contributed by atoms with E-state index in [4.69, 9.17) is 0 Å². The molecular formula is C20H23NO2. The van der Waals surface area contributed by atoms with Crippen LogP contribution in [0.2, 0.25) is 0 Å². The molecule has 0 fully saturated rings. The predicted octanol–water partition coefficient (Wildman–Crippen LogP) is 4.50. The molecule has 1 aliphatic rings. The molecule has 0 radical (unpaired) electrons. The summed E-state index contributed by atoms with van der Waals surface area (Å²) in [5, 5.41) is 0. The maximum absolute atomic E-state index is 11.5. The van der Waals surface area contributed by atoms with Gasteiger partial charge in [0, 0.05) is 6.54 Å². The Bertz CT molecular complexity index is 644. The van der Waals surface area contributed by atoms with Crippen molar-refractivity contribution in [1.29, 1.82) is 0 Å². The molecule has 0 aromatic heterocycles. The molecular weight excluding hydrogens is 286 g/mol. The lowest BCUT2D eigenvalue weighted by atomic mass is 9.99. The minimum atomic E-state index is -0.178. The number of benzene rings is 2. The molecule has 0 saturated heterocycles. The Labute approximate surface area is 137 Å². The summed E-state index contributed by atoms with van der Waals surface area (Å²) < 4.78 is 0. The van der Waals surface area contributed by atoms with Crippen LogP contribution in [0.3, 0.4) is 0 Å². The first-order valence-electron chi connectivity index (χ1n) is 8.10. The number of carbonyl (C=O) groups is 2. The van der Waals surface area contributed by atoms with Gasteiger partial charge in [-0.3, -0.25) is 14.5 Å². The molecule has 1 heterocycles. The van der Waals surface area contributed by atoms with Gasteiger partial charge in [-0.15, -0.1) is 0 Å². The van der Waals surface area contributed by atoms with Crippen LogP contribution in [0.15, 0.2) is 54.6 Å². The van der Waals surface area contributed by atoms with Gasteiger partial charge in [-0.2, -0.15) is 0 Å². The summed E-state index contributed by atoms with van der Waals surface area (Å²) in [4.78, 5) is 24.3. The van der Waals surface area contributed by atoms with E-state index in [1.807, 2.05) is 0 Å². The number of rotatable bonds is 3. The number of nitrogens with zero attached hydrogens (tertiary/aromatic N) is 1. The van der Waals surface area contributed by atoms with E-state index in [9.17, 15) is 9.59 Å². The van der Waals surface area contributed by atoms with Crippen molar-refractivity contribution in [1.82, 2.24) is 4.90 Å². The van der Waals surface area contributed by atoms with Gasteiger partial charge in [-0.25, -0.2) is 0 Å². The maximum Gasteiger partial charge on any atom is 0.261 e. The summed E-state index contributed by atoms with van der Waals surface area (Å²) in [6, 6.07) is 17.5. The van der Waals surface area contributed by atoms with E-state index in [1.54, 1.807) is 31.2 Å². The van der Waals surface area contributed by atoms with Gasteiger partial charge >= 0.3 is 0 Å². The molecule has 3 nitrogen and oxygen atoms in total. The van der Waals surface area contributed by atoms with Gasteiger partial charge in [0.2, 0.25) is 0 Å². The molecule has 3 rings (SSSR count). The van der Waals surface area contributed by atoms with Gasteiger partial charge in [0.1, 0.15) is 0 Å². The maximum atomic E-state index is 11.5. The molecule has 2 aromatic carbocycles. The molecule has 120 valence electrons. The Morgan fingerprint density at radius 3 is 1.74 bits per heavy atom. The second-order valence-electron chi connectivity index (χ2n) is 5.62. The molecule has 2 amide bonds. The van der Waals surface area contributed by atoms with Crippen molar-refractivity contribution in [2.45, 2.75) is 33.1 Å². The molecule has 1 atom stereocenters. The highest BCUT2D eigenvalue weighted by atomic mass is 16.2. The molecule has 0 bridgehead atoms. The number of amides is 2. The number of hydrogen-bond donors (Lipinski definition) is 0. The van der Waals surface area contributed by atoms with Gasteiger partial charge in [0.25, 0.3) is 11.8 Å². The summed E-state index contributed by atoms with van der Waals surface area (Å²) in [6.45, 7) is 6.71. The smallest absolute Gasteiger partial charge is 0.261 e. The Morgan fingerprint density at radius 2 is 1.30 bits per heavy atom. The van der Waals surface area contributed by atoms with Gasteiger partial charge in [-0.05, 0) is 37.0 Å². The third kappa shape index (κ3) is 3.67.